The number of rotatable bonds is 5. The SMILES string of the molecule is CC(C)(c1ccccc1)c1ccc2c(c1)B1c3ccccc3Oc3cc(-c4cc(C#N)cc(-c5c6ccccc6c(-c6ccccc6)c6ccccc56)c4)cc(c31)O2. The Hall–Kier alpha value is -7.35. The lowest BCUT2D eigenvalue weighted by Crippen LogP contribution is -2.57. The molecular formula is C54H36BNO2. The normalized spacial score (nSPS) is 12.5. The van der Waals surface area contributed by atoms with Crippen LogP contribution in [0.5, 0.6) is 23.0 Å². The third-order valence-corrected chi connectivity index (χ3v) is 12.3. The van der Waals surface area contributed by atoms with Gasteiger partial charge in [-0.3, -0.25) is 0 Å². The molecule has 0 spiro atoms. The lowest BCUT2D eigenvalue weighted by atomic mass is 9.34. The van der Waals surface area contributed by atoms with E-state index in [-0.39, 0.29) is 12.1 Å². The summed E-state index contributed by atoms with van der Waals surface area (Å²) in [4.78, 5) is 0. The zero-order valence-electron chi connectivity index (χ0n) is 32.2. The number of nitrogens with zero attached hydrogens (tertiary/aromatic N) is 1. The highest BCUT2D eigenvalue weighted by molar-refractivity contribution is 6.98. The van der Waals surface area contributed by atoms with Crippen LogP contribution in [0.4, 0.5) is 0 Å². The second-order valence-corrected chi connectivity index (χ2v) is 15.9. The number of nitriles is 1. The second kappa shape index (κ2) is 13.1. The molecule has 4 heteroatoms. The van der Waals surface area contributed by atoms with Crippen molar-refractivity contribution in [1.29, 1.82) is 5.26 Å². The highest BCUT2D eigenvalue weighted by Gasteiger charge is 2.41. The van der Waals surface area contributed by atoms with Gasteiger partial charge in [0, 0.05) is 10.9 Å². The fraction of sp³-hybridized carbons (Fsp3) is 0.0556. The van der Waals surface area contributed by atoms with Crippen molar-refractivity contribution in [3.8, 4) is 62.4 Å². The van der Waals surface area contributed by atoms with E-state index in [1.54, 1.807) is 0 Å². The number of para-hydroxylation sites is 1. The number of hydrogen-bond donors (Lipinski definition) is 0. The van der Waals surface area contributed by atoms with Crippen LogP contribution in [-0.2, 0) is 5.41 Å². The first kappa shape index (κ1) is 33.9. The van der Waals surface area contributed by atoms with E-state index in [0.717, 1.165) is 72.4 Å². The minimum Gasteiger partial charge on any atom is -0.458 e. The summed E-state index contributed by atoms with van der Waals surface area (Å²) in [7, 11) is 0. The molecule has 9 aromatic rings. The molecule has 272 valence electrons. The summed E-state index contributed by atoms with van der Waals surface area (Å²) in [5.41, 5.74) is 12.4. The quantitative estimate of drug-likeness (QED) is 0.130. The molecule has 0 radical (unpaired) electrons. The van der Waals surface area contributed by atoms with Crippen LogP contribution >= 0.6 is 0 Å². The van der Waals surface area contributed by atoms with Crippen molar-refractivity contribution in [2.24, 2.45) is 0 Å². The van der Waals surface area contributed by atoms with E-state index >= 15 is 0 Å². The maximum atomic E-state index is 10.5. The number of ether oxygens (including phenoxy) is 2. The van der Waals surface area contributed by atoms with E-state index in [1.165, 1.54) is 33.0 Å². The Bertz CT molecular complexity index is 3090. The summed E-state index contributed by atoms with van der Waals surface area (Å²) >= 11 is 0. The van der Waals surface area contributed by atoms with E-state index in [4.69, 9.17) is 9.47 Å². The predicted octanol–water partition coefficient (Wildman–Crippen LogP) is 11.9. The third kappa shape index (κ3) is 5.28. The first-order valence-corrected chi connectivity index (χ1v) is 19.8. The molecule has 58 heavy (non-hydrogen) atoms. The Labute approximate surface area is 338 Å². The Balaban J connectivity index is 1.09. The maximum Gasteiger partial charge on any atom is 0.260 e. The molecular weight excluding hydrogens is 705 g/mol. The molecule has 0 saturated heterocycles. The van der Waals surface area contributed by atoms with Crippen LogP contribution in [-0.4, -0.2) is 6.71 Å². The number of hydrogen-bond acceptors (Lipinski definition) is 3. The lowest BCUT2D eigenvalue weighted by molar-refractivity contribution is 0.464. The molecule has 0 fully saturated rings. The lowest BCUT2D eigenvalue weighted by Gasteiger charge is -2.35. The van der Waals surface area contributed by atoms with Gasteiger partial charge in [-0.1, -0.05) is 153 Å². The summed E-state index contributed by atoms with van der Waals surface area (Å²) in [5, 5.41) is 15.1. The maximum absolute atomic E-state index is 10.5. The van der Waals surface area contributed by atoms with Crippen LogP contribution in [0.3, 0.4) is 0 Å². The third-order valence-electron chi connectivity index (χ3n) is 12.3. The first-order chi connectivity index (χ1) is 28.5. The summed E-state index contributed by atoms with van der Waals surface area (Å²) in [5.74, 6) is 3.21. The fourth-order valence-electron chi connectivity index (χ4n) is 9.38. The molecule has 2 aliphatic rings. The number of benzene rings is 9. The van der Waals surface area contributed by atoms with Crippen molar-refractivity contribution < 1.29 is 9.47 Å². The summed E-state index contributed by atoms with van der Waals surface area (Å²) < 4.78 is 13.6. The van der Waals surface area contributed by atoms with E-state index in [9.17, 15) is 5.26 Å². The van der Waals surface area contributed by atoms with Crippen LogP contribution < -0.4 is 25.9 Å². The molecule has 0 aliphatic carbocycles. The van der Waals surface area contributed by atoms with Gasteiger partial charge in [-0.2, -0.15) is 5.26 Å². The van der Waals surface area contributed by atoms with Gasteiger partial charge in [0.15, 0.2) is 0 Å². The molecule has 11 rings (SSSR count). The van der Waals surface area contributed by atoms with Crippen LogP contribution in [0.25, 0.3) is 54.9 Å². The molecule has 0 atom stereocenters. The van der Waals surface area contributed by atoms with Gasteiger partial charge in [-0.15, -0.1) is 0 Å². The van der Waals surface area contributed by atoms with Crippen molar-refractivity contribution in [1.82, 2.24) is 0 Å². The van der Waals surface area contributed by atoms with E-state index in [2.05, 4.69) is 184 Å². The van der Waals surface area contributed by atoms with Gasteiger partial charge in [-0.25, -0.2) is 0 Å². The van der Waals surface area contributed by atoms with Crippen LogP contribution in [0.2, 0.25) is 0 Å². The molecule has 9 aromatic carbocycles. The number of fused-ring (bicyclic) bond motifs is 6. The van der Waals surface area contributed by atoms with Gasteiger partial charge in [0.1, 0.15) is 23.0 Å². The van der Waals surface area contributed by atoms with Gasteiger partial charge in [0.05, 0.1) is 11.6 Å². The molecule has 0 aromatic heterocycles. The zero-order valence-corrected chi connectivity index (χ0v) is 32.2. The summed E-state index contributed by atoms with van der Waals surface area (Å²) in [6.07, 6.45) is 0. The fourth-order valence-corrected chi connectivity index (χ4v) is 9.38. The first-order valence-electron chi connectivity index (χ1n) is 19.8. The zero-order chi connectivity index (χ0) is 39.0. The largest absolute Gasteiger partial charge is 0.458 e. The monoisotopic (exact) mass is 741 g/mol. The smallest absolute Gasteiger partial charge is 0.260 e. The predicted molar refractivity (Wildman–Crippen MR) is 239 cm³/mol. The van der Waals surface area contributed by atoms with E-state index in [0.29, 0.717) is 5.56 Å². The van der Waals surface area contributed by atoms with Gasteiger partial charge < -0.3 is 9.47 Å². The van der Waals surface area contributed by atoms with Gasteiger partial charge in [0.2, 0.25) is 0 Å². The van der Waals surface area contributed by atoms with Gasteiger partial charge in [0.25, 0.3) is 6.71 Å². The van der Waals surface area contributed by atoms with Crippen molar-refractivity contribution >= 4 is 44.6 Å². The topological polar surface area (TPSA) is 42.2 Å². The molecule has 0 amide bonds. The second-order valence-electron chi connectivity index (χ2n) is 15.9. The van der Waals surface area contributed by atoms with E-state index < -0.39 is 0 Å². The van der Waals surface area contributed by atoms with Crippen LogP contribution in [0.15, 0.2) is 182 Å². The summed E-state index contributed by atoms with van der Waals surface area (Å²) in [6.45, 7) is 4.50. The molecule has 2 heterocycles. The highest BCUT2D eigenvalue weighted by atomic mass is 16.5. The summed E-state index contributed by atoms with van der Waals surface area (Å²) in [6, 6.07) is 66.5. The van der Waals surface area contributed by atoms with Gasteiger partial charge in [-0.05, 0) is 119 Å². The van der Waals surface area contributed by atoms with Crippen LogP contribution in [0.1, 0.15) is 30.5 Å². The molecule has 0 saturated carbocycles. The molecule has 0 bridgehead atoms. The minimum absolute atomic E-state index is 0.0684. The van der Waals surface area contributed by atoms with E-state index in [1.807, 2.05) is 18.2 Å². The van der Waals surface area contributed by atoms with Gasteiger partial charge >= 0.3 is 0 Å². The molecule has 0 N–H and O–H groups in total. The molecule has 0 unspecified atom stereocenters. The van der Waals surface area contributed by atoms with Crippen molar-refractivity contribution in [2.45, 2.75) is 19.3 Å². The van der Waals surface area contributed by atoms with Crippen molar-refractivity contribution in [2.75, 3.05) is 0 Å². The Kier molecular flexibility index (Phi) is 7.68. The average molecular weight is 742 g/mol. The molecule has 3 nitrogen and oxygen atoms in total. The Morgan fingerprint density at radius 2 is 0.948 bits per heavy atom. The van der Waals surface area contributed by atoms with Crippen molar-refractivity contribution in [3.63, 3.8) is 0 Å². The highest BCUT2D eigenvalue weighted by Crippen LogP contribution is 2.46. The van der Waals surface area contributed by atoms with Crippen LogP contribution in [0, 0.1) is 11.3 Å². The Morgan fingerprint density at radius 3 is 1.59 bits per heavy atom. The molecule has 2 aliphatic heterocycles. The minimum atomic E-state index is -0.212. The Morgan fingerprint density at radius 1 is 0.431 bits per heavy atom. The van der Waals surface area contributed by atoms with Crippen molar-refractivity contribution in [3.05, 3.63) is 199 Å². The average Bonchev–Trinajstić information content (AvgIpc) is 3.28. The standard InChI is InChI=1S/C54H36BNO2/c1-54(2,39-17-7-4-8-18-39)40-25-26-48-46(32-40)55-45-23-13-14-24-47(45)57-49-30-37(31-50(58-48)53(49)55)36-27-34(33-56)28-38(29-36)52-43-21-11-9-19-41(43)51(35-15-5-3-6-16-35)42-20-10-12-22-44(42)52/h3-32H,1-2H3.